The molecular weight excluding hydrogens is 415 g/mol. The molecule has 170 valence electrons. The number of nitrogens with one attached hydrogen (secondary N) is 1. The molecule has 0 aliphatic carbocycles. The molecule has 0 saturated carbocycles. The maximum absolute atomic E-state index is 13.0. The molecule has 1 N–H and O–H groups in total. The molecule has 1 aliphatic rings. The summed E-state index contributed by atoms with van der Waals surface area (Å²) in [5.74, 6) is 1.38. The van der Waals surface area contributed by atoms with Gasteiger partial charge in [0.2, 0.25) is 0 Å². The topological polar surface area (TPSA) is 29.4 Å². The fraction of sp³-hybridized carbons (Fsp3) is 0.360. The summed E-state index contributed by atoms with van der Waals surface area (Å²) in [5.41, 5.74) is 4.41. The van der Waals surface area contributed by atoms with Crippen molar-refractivity contribution >= 4 is 17.2 Å². The summed E-state index contributed by atoms with van der Waals surface area (Å²) < 4.78 is 47.0. The Kier molecular flexibility index (Phi) is 6.20. The second kappa shape index (κ2) is 8.90. The molecule has 0 unspecified atom stereocenters. The molecule has 0 saturated heterocycles. The fourth-order valence-corrected chi connectivity index (χ4v) is 4.23. The van der Waals surface area contributed by atoms with E-state index in [1.165, 1.54) is 0 Å². The van der Waals surface area contributed by atoms with Gasteiger partial charge in [0, 0.05) is 30.0 Å². The molecule has 2 heterocycles. The van der Waals surface area contributed by atoms with Crippen molar-refractivity contribution in [3.05, 3.63) is 77.0 Å². The summed E-state index contributed by atoms with van der Waals surface area (Å²) in [5, 5.41) is 3.53. The van der Waals surface area contributed by atoms with Crippen molar-refractivity contribution in [2.75, 3.05) is 23.5 Å². The van der Waals surface area contributed by atoms with E-state index in [1.54, 1.807) is 12.1 Å². The first kappa shape index (κ1) is 22.3. The Morgan fingerprint density at radius 2 is 1.72 bits per heavy atom. The molecule has 0 spiro atoms. The van der Waals surface area contributed by atoms with Gasteiger partial charge >= 0.3 is 6.18 Å². The quantitative estimate of drug-likeness (QED) is 0.468. The third-order valence-electron chi connectivity index (χ3n) is 5.64. The van der Waals surface area contributed by atoms with Crippen LogP contribution in [0.15, 0.2) is 54.6 Å². The van der Waals surface area contributed by atoms with Crippen molar-refractivity contribution in [2.24, 2.45) is 5.92 Å². The number of nitrogens with zero attached hydrogens (tertiary/aromatic N) is 2. The van der Waals surface area contributed by atoms with Crippen LogP contribution in [0.25, 0.3) is 0 Å². The lowest BCUT2D eigenvalue weighted by Crippen LogP contribution is -2.34. The summed E-state index contributed by atoms with van der Waals surface area (Å²) >= 11 is 0. The zero-order chi connectivity index (χ0) is 22.9. The van der Waals surface area contributed by atoms with Gasteiger partial charge in [-0.25, -0.2) is 0 Å². The highest BCUT2D eigenvalue weighted by Crippen LogP contribution is 2.40. The minimum Gasteiger partial charge on any atom is -0.356 e. The molecule has 0 fully saturated rings. The Hall–Kier alpha value is -2.93. The molecule has 4 rings (SSSR count). The summed E-state index contributed by atoms with van der Waals surface area (Å²) in [7, 11) is 0. The lowest BCUT2D eigenvalue weighted by Gasteiger charge is -2.31. The van der Waals surface area contributed by atoms with Gasteiger partial charge in [-0.05, 0) is 42.7 Å². The van der Waals surface area contributed by atoms with Crippen LogP contribution in [-0.2, 0) is 24.1 Å². The highest BCUT2D eigenvalue weighted by atomic mass is 19.4. The van der Waals surface area contributed by atoms with Crippen molar-refractivity contribution in [3.8, 4) is 0 Å². The van der Waals surface area contributed by atoms with Crippen LogP contribution in [0.2, 0.25) is 0 Å². The highest BCUT2D eigenvalue weighted by molar-refractivity contribution is 5.74. The fourth-order valence-electron chi connectivity index (χ4n) is 4.23. The molecular formula is C25H28F3N3O. The normalized spacial score (nSPS) is 14.0. The van der Waals surface area contributed by atoms with E-state index >= 15 is 0 Å². The average molecular weight is 444 g/mol. The first-order valence-electron chi connectivity index (χ1n) is 10.8. The molecule has 0 atom stereocenters. The van der Waals surface area contributed by atoms with Gasteiger partial charge in [-0.1, -0.05) is 44.2 Å². The summed E-state index contributed by atoms with van der Waals surface area (Å²) in [6.45, 7) is 8.75. The van der Waals surface area contributed by atoms with Crippen molar-refractivity contribution in [3.63, 3.8) is 0 Å². The predicted molar refractivity (Wildman–Crippen MR) is 121 cm³/mol. The lowest BCUT2D eigenvalue weighted by molar-refractivity contribution is -0.137. The molecule has 32 heavy (non-hydrogen) atoms. The Balaban J connectivity index is 1.75. The number of halogens is 3. The molecule has 0 amide bonds. The maximum Gasteiger partial charge on any atom is 0.416 e. The van der Waals surface area contributed by atoms with Gasteiger partial charge in [0.1, 0.15) is 12.5 Å². The van der Waals surface area contributed by atoms with Crippen LogP contribution in [-0.4, -0.2) is 17.8 Å². The number of hydrogen-bond donors (Lipinski definition) is 1. The van der Waals surface area contributed by atoms with Crippen LogP contribution < -0.4 is 10.2 Å². The number of hydrogen-bond acceptors (Lipinski definition) is 3. The van der Waals surface area contributed by atoms with Crippen LogP contribution >= 0.6 is 0 Å². The van der Waals surface area contributed by atoms with Gasteiger partial charge in [-0.15, -0.1) is 0 Å². The van der Waals surface area contributed by atoms with E-state index in [-0.39, 0.29) is 0 Å². The second-order valence-electron chi connectivity index (χ2n) is 8.63. The number of benzene rings is 2. The monoisotopic (exact) mass is 443 g/mol. The number of alkyl halides is 3. The minimum absolute atomic E-state index is 0.460. The SMILES string of the molecule is Cc1c2c(c(Nc3ccccc3)n1Cc1ccc(C(F)(F)F)cc1)COCN2CC(C)C. The third-order valence-corrected chi connectivity index (χ3v) is 5.64. The van der Waals surface area contributed by atoms with Crippen LogP contribution in [0.1, 0.15) is 36.2 Å². The second-order valence-corrected chi connectivity index (χ2v) is 8.63. The molecule has 0 radical (unpaired) electrons. The van der Waals surface area contributed by atoms with Crippen LogP contribution in [0.5, 0.6) is 0 Å². The first-order chi connectivity index (χ1) is 15.2. The number of fused-ring (bicyclic) bond motifs is 1. The average Bonchev–Trinajstić information content (AvgIpc) is 3.00. The predicted octanol–water partition coefficient (Wildman–Crippen LogP) is 6.56. The molecule has 1 aromatic heterocycles. The Morgan fingerprint density at radius 1 is 1.03 bits per heavy atom. The zero-order valence-corrected chi connectivity index (χ0v) is 18.5. The van der Waals surface area contributed by atoms with E-state index < -0.39 is 11.7 Å². The Bertz CT molecular complexity index is 1060. The molecule has 7 heteroatoms. The molecule has 4 nitrogen and oxygen atoms in total. The van der Waals surface area contributed by atoms with E-state index in [4.69, 9.17) is 4.74 Å². The number of ether oxygens (including phenoxy) is 1. The van der Waals surface area contributed by atoms with E-state index in [1.807, 2.05) is 30.3 Å². The van der Waals surface area contributed by atoms with Crippen molar-refractivity contribution < 1.29 is 17.9 Å². The van der Waals surface area contributed by atoms with Crippen LogP contribution in [0.4, 0.5) is 30.4 Å². The Morgan fingerprint density at radius 3 is 2.34 bits per heavy atom. The van der Waals surface area contributed by atoms with E-state index in [2.05, 4.69) is 35.6 Å². The van der Waals surface area contributed by atoms with Gasteiger partial charge in [0.05, 0.1) is 17.9 Å². The van der Waals surface area contributed by atoms with Crippen molar-refractivity contribution in [1.29, 1.82) is 0 Å². The largest absolute Gasteiger partial charge is 0.416 e. The van der Waals surface area contributed by atoms with Gasteiger partial charge < -0.3 is 19.5 Å². The van der Waals surface area contributed by atoms with E-state index in [9.17, 15) is 13.2 Å². The highest BCUT2D eigenvalue weighted by Gasteiger charge is 2.31. The van der Waals surface area contributed by atoms with Crippen molar-refractivity contribution in [1.82, 2.24) is 4.57 Å². The van der Waals surface area contributed by atoms with Crippen LogP contribution in [0.3, 0.4) is 0 Å². The smallest absolute Gasteiger partial charge is 0.356 e. The number of para-hydroxylation sites is 1. The number of anilines is 3. The summed E-state index contributed by atoms with van der Waals surface area (Å²) in [6.07, 6.45) is -4.34. The summed E-state index contributed by atoms with van der Waals surface area (Å²) in [4.78, 5) is 2.25. The number of aromatic nitrogens is 1. The third kappa shape index (κ3) is 4.63. The molecule has 0 bridgehead atoms. The first-order valence-corrected chi connectivity index (χ1v) is 10.8. The standard InChI is InChI=1S/C25H28F3N3O/c1-17(2)13-30-16-32-15-22-23(30)18(3)31(24(22)29-21-7-5-4-6-8-21)14-19-9-11-20(12-10-19)25(26,27)28/h4-12,17,29H,13-16H2,1-3H3. The summed E-state index contributed by atoms with van der Waals surface area (Å²) in [6, 6.07) is 15.3. The Labute approximate surface area is 186 Å². The van der Waals surface area contributed by atoms with E-state index in [0.29, 0.717) is 25.8 Å². The van der Waals surface area contributed by atoms with Crippen molar-refractivity contribution in [2.45, 2.75) is 40.1 Å². The molecule has 1 aliphatic heterocycles. The lowest BCUT2D eigenvalue weighted by atomic mass is 10.1. The molecule has 2 aromatic carbocycles. The maximum atomic E-state index is 13.0. The van der Waals surface area contributed by atoms with Gasteiger partial charge in [-0.3, -0.25) is 0 Å². The van der Waals surface area contributed by atoms with Crippen LogP contribution in [0, 0.1) is 12.8 Å². The zero-order valence-electron chi connectivity index (χ0n) is 18.5. The van der Waals surface area contributed by atoms with Gasteiger partial charge in [-0.2, -0.15) is 13.2 Å². The van der Waals surface area contributed by atoms with Gasteiger partial charge in [0.15, 0.2) is 0 Å². The number of rotatable bonds is 6. The van der Waals surface area contributed by atoms with E-state index in [0.717, 1.165) is 52.7 Å². The minimum atomic E-state index is -4.34. The molecule has 3 aromatic rings. The van der Waals surface area contributed by atoms with Gasteiger partial charge in [0.25, 0.3) is 0 Å².